The molecule has 2 heterocycles. The average Bonchev–Trinajstić information content (AvgIpc) is 2.50. The largest absolute Gasteiger partial charge is 0.385 e. The van der Waals surface area contributed by atoms with Gasteiger partial charge in [0.05, 0.1) is 11.7 Å². The average molecular weight is 185 g/mol. The standard InChI is InChI=1S/C7H11N3OS/c8-6(5-1-2-12-10-5)7(11)3-9-4-7/h1-2,6,9,11H,3-4,8H2. The van der Waals surface area contributed by atoms with E-state index in [0.29, 0.717) is 13.1 Å². The molecular weight excluding hydrogens is 174 g/mol. The second-order valence-corrected chi connectivity index (χ2v) is 3.77. The van der Waals surface area contributed by atoms with Crippen LogP contribution in [0.5, 0.6) is 0 Å². The quantitative estimate of drug-likeness (QED) is 0.579. The predicted molar refractivity (Wildman–Crippen MR) is 46.9 cm³/mol. The smallest absolute Gasteiger partial charge is 0.110 e. The Labute approximate surface area is 74.6 Å². The van der Waals surface area contributed by atoms with Crippen molar-refractivity contribution < 1.29 is 5.11 Å². The number of β-amino-alcohol motifs (C(OH)–C–C–N with tert-alkyl or cyclic N) is 1. The molecule has 1 atom stereocenters. The molecule has 5 heteroatoms. The highest BCUT2D eigenvalue weighted by atomic mass is 32.1. The summed E-state index contributed by atoms with van der Waals surface area (Å²) in [7, 11) is 0. The van der Waals surface area contributed by atoms with Gasteiger partial charge >= 0.3 is 0 Å². The second-order valence-electron chi connectivity index (χ2n) is 3.11. The number of hydrogen-bond acceptors (Lipinski definition) is 5. The molecule has 12 heavy (non-hydrogen) atoms. The summed E-state index contributed by atoms with van der Waals surface area (Å²) < 4.78 is 4.09. The first-order chi connectivity index (χ1) is 5.72. The lowest BCUT2D eigenvalue weighted by Crippen LogP contribution is -2.64. The van der Waals surface area contributed by atoms with Gasteiger partial charge in [-0.25, -0.2) is 0 Å². The Morgan fingerprint density at radius 2 is 2.50 bits per heavy atom. The molecule has 4 nitrogen and oxygen atoms in total. The Hall–Kier alpha value is -0.490. The van der Waals surface area contributed by atoms with E-state index in [4.69, 9.17) is 5.73 Å². The van der Waals surface area contributed by atoms with Crippen LogP contribution < -0.4 is 11.1 Å². The molecule has 0 aromatic carbocycles. The van der Waals surface area contributed by atoms with Crippen LogP contribution >= 0.6 is 11.5 Å². The van der Waals surface area contributed by atoms with Crippen molar-refractivity contribution in [1.29, 1.82) is 0 Å². The van der Waals surface area contributed by atoms with Crippen molar-refractivity contribution >= 4 is 11.5 Å². The molecule has 0 amide bonds. The van der Waals surface area contributed by atoms with Gasteiger partial charge in [0.1, 0.15) is 5.60 Å². The highest BCUT2D eigenvalue weighted by molar-refractivity contribution is 7.03. The van der Waals surface area contributed by atoms with Crippen molar-refractivity contribution in [3.05, 3.63) is 17.1 Å². The van der Waals surface area contributed by atoms with Crippen molar-refractivity contribution in [2.75, 3.05) is 13.1 Å². The van der Waals surface area contributed by atoms with E-state index in [-0.39, 0.29) is 6.04 Å². The van der Waals surface area contributed by atoms with E-state index in [0.717, 1.165) is 5.69 Å². The summed E-state index contributed by atoms with van der Waals surface area (Å²) in [5.41, 5.74) is 5.83. The summed E-state index contributed by atoms with van der Waals surface area (Å²) >= 11 is 1.36. The number of nitrogens with two attached hydrogens (primary N) is 1. The van der Waals surface area contributed by atoms with Crippen LogP contribution in [0.4, 0.5) is 0 Å². The normalized spacial score (nSPS) is 23.2. The minimum atomic E-state index is -0.784. The highest BCUT2D eigenvalue weighted by Crippen LogP contribution is 2.26. The first kappa shape index (κ1) is 8.12. The van der Waals surface area contributed by atoms with Gasteiger partial charge in [0.25, 0.3) is 0 Å². The van der Waals surface area contributed by atoms with Crippen LogP contribution in [0.25, 0.3) is 0 Å². The lowest BCUT2D eigenvalue weighted by atomic mass is 9.87. The third kappa shape index (κ3) is 1.15. The lowest BCUT2D eigenvalue weighted by molar-refractivity contribution is -0.0341. The summed E-state index contributed by atoms with van der Waals surface area (Å²) in [4.78, 5) is 0. The molecule has 1 fully saturated rings. The zero-order valence-corrected chi connectivity index (χ0v) is 7.34. The van der Waals surface area contributed by atoms with E-state index in [1.807, 2.05) is 11.4 Å². The van der Waals surface area contributed by atoms with Crippen LogP contribution in [0.1, 0.15) is 11.7 Å². The fourth-order valence-corrected chi connectivity index (χ4v) is 1.82. The van der Waals surface area contributed by atoms with Gasteiger partial charge in [0.2, 0.25) is 0 Å². The Morgan fingerprint density at radius 1 is 1.75 bits per heavy atom. The molecular formula is C7H11N3OS. The summed E-state index contributed by atoms with van der Waals surface area (Å²) in [5.74, 6) is 0. The molecule has 1 saturated heterocycles. The van der Waals surface area contributed by atoms with Gasteiger partial charge < -0.3 is 16.2 Å². The van der Waals surface area contributed by atoms with Crippen molar-refractivity contribution in [3.8, 4) is 0 Å². The van der Waals surface area contributed by atoms with Crippen molar-refractivity contribution in [2.45, 2.75) is 11.6 Å². The SMILES string of the molecule is NC(c1ccsn1)C1(O)CNC1. The van der Waals surface area contributed by atoms with Crippen LogP contribution in [0, 0.1) is 0 Å². The van der Waals surface area contributed by atoms with Gasteiger partial charge in [-0.2, -0.15) is 4.37 Å². The summed E-state index contributed by atoms with van der Waals surface area (Å²) in [6.07, 6.45) is 0. The summed E-state index contributed by atoms with van der Waals surface area (Å²) in [6.45, 7) is 1.12. The fraction of sp³-hybridized carbons (Fsp3) is 0.571. The maximum atomic E-state index is 9.83. The molecule has 0 spiro atoms. The van der Waals surface area contributed by atoms with E-state index < -0.39 is 5.60 Å². The van der Waals surface area contributed by atoms with Gasteiger partial charge in [-0.15, -0.1) is 0 Å². The van der Waals surface area contributed by atoms with E-state index in [1.54, 1.807) is 0 Å². The monoisotopic (exact) mass is 185 g/mol. The van der Waals surface area contributed by atoms with E-state index in [1.165, 1.54) is 11.5 Å². The molecule has 66 valence electrons. The Balaban J connectivity index is 2.14. The Bertz CT molecular complexity index is 258. The molecule has 0 bridgehead atoms. The number of aliphatic hydroxyl groups is 1. The Morgan fingerprint density at radius 3 is 2.92 bits per heavy atom. The molecule has 0 saturated carbocycles. The molecule has 1 aromatic heterocycles. The zero-order valence-electron chi connectivity index (χ0n) is 6.53. The third-order valence-corrected chi connectivity index (χ3v) is 2.79. The van der Waals surface area contributed by atoms with Gasteiger partial charge in [-0.05, 0) is 17.6 Å². The van der Waals surface area contributed by atoms with Crippen LogP contribution in [0.3, 0.4) is 0 Å². The van der Waals surface area contributed by atoms with Crippen LogP contribution in [0.15, 0.2) is 11.4 Å². The summed E-state index contributed by atoms with van der Waals surface area (Å²) in [6, 6.07) is 1.50. The zero-order chi connectivity index (χ0) is 8.60. The van der Waals surface area contributed by atoms with E-state index >= 15 is 0 Å². The molecule has 0 aliphatic carbocycles. The second kappa shape index (κ2) is 2.77. The number of nitrogens with one attached hydrogen (secondary N) is 1. The molecule has 4 N–H and O–H groups in total. The van der Waals surface area contributed by atoms with Crippen molar-refractivity contribution in [2.24, 2.45) is 5.73 Å². The van der Waals surface area contributed by atoms with Crippen LogP contribution in [0.2, 0.25) is 0 Å². The number of aromatic nitrogens is 1. The maximum absolute atomic E-state index is 9.83. The van der Waals surface area contributed by atoms with E-state index in [9.17, 15) is 5.11 Å². The van der Waals surface area contributed by atoms with Crippen LogP contribution in [-0.4, -0.2) is 28.2 Å². The molecule has 1 aliphatic heterocycles. The third-order valence-electron chi connectivity index (χ3n) is 2.22. The van der Waals surface area contributed by atoms with Gasteiger partial charge in [0.15, 0.2) is 0 Å². The molecule has 1 aliphatic rings. The first-order valence-corrected chi connectivity index (χ1v) is 4.65. The topological polar surface area (TPSA) is 71.2 Å². The minimum Gasteiger partial charge on any atom is -0.385 e. The Kier molecular flexibility index (Phi) is 1.88. The van der Waals surface area contributed by atoms with E-state index in [2.05, 4.69) is 9.69 Å². The van der Waals surface area contributed by atoms with Crippen molar-refractivity contribution in [1.82, 2.24) is 9.69 Å². The molecule has 1 unspecified atom stereocenters. The predicted octanol–water partition coefficient (Wildman–Crippen LogP) is -0.523. The lowest BCUT2D eigenvalue weighted by Gasteiger charge is -2.41. The minimum absolute atomic E-state index is 0.356. The van der Waals surface area contributed by atoms with Gasteiger partial charge in [-0.3, -0.25) is 0 Å². The highest BCUT2D eigenvalue weighted by Gasteiger charge is 2.41. The van der Waals surface area contributed by atoms with Gasteiger partial charge in [-0.1, -0.05) is 0 Å². The fourth-order valence-electron chi connectivity index (χ4n) is 1.26. The number of nitrogens with zero attached hydrogens (tertiary/aromatic N) is 1. The molecule has 0 radical (unpaired) electrons. The molecule has 2 rings (SSSR count). The van der Waals surface area contributed by atoms with Gasteiger partial charge in [0, 0.05) is 18.5 Å². The van der Waals surface area contributed by atoms with Crippen LogP contribution in [-0.2, 0) is 0 Å². The molecule has 1 aromatic rings. The number of hydrogen-bond donors (Lipinski definition) is 3. The number of rotatable bonds is 2. The maximum Gasteiger partial charge on any atom is 0.110 e. The summed E-state index contributed by atoms with van der Waals surface area (Å²) in [5, 5.41) is 14.7. The van der Waals surface area contributed by atoms with Crippen molar-refractivity contribution in [3.63, 3.8) is 0 Å². The first-order valence-electron chi connectivity index (χ1n) is 3.81.